The summed E-state index contributed by atoms with van der Waals surface area (Å²) in [4.78, 5) is 27.4. The lowest BCUT2D eigenvalue weighted by Gasteiger charge is -2.14. The van der Waals surface area contributed by atoms with Crippen molar-refractivity contribution in [2.24, 2.45) is 5.92 Å². The van der Waals surface area contributed by atoms with Crippen molar-refractivity contribution >= 4 is 39.6 Å². The average molecular weight is 439 g/mol. The van der Waals surface area contributed by atoms with E-state index in [0.717, 1.165) is 27.4 Å². The highest BCUT2D eigenvalue weighted by Gasteiger charge is 2.14. The lowest BCUT2D eigenvalue weighted by atomic mass is 10.1. The predicted molar refractivity (Wildman–Crippen MR) is 108 cm³/mol. The zero-order valence-electron chi connectivity index (χ0n) is 15.1. The highest BCUT2D eigenvalue weighted by Crippen LogP contribution is 2.28. The number of imidazole rings is 1. The van der Waals surface area contributed by atoms with Crippen molar-refractivity contribution in [3.8, 4) is 11.3 Å². The van der Waals surface area contributed by atoms with E-state index in [2.05, 4.69) is 62.1 Å². The quantitative estimate of drug-likeness (QED) is 0.642. The van der Waals surface area contributed by atoms with Crippen LogP contribution in [-0.4, -0.2) is 34.3 Å². The van der Waals surface area contributed by atoms with E-state index in [4.69, 9.17) is 0 Å². The molecule has 1 aromatic heterocycles. The van der Waals surface area contributed by atoms with E-state index in [-0.39, 0.29) is 12.3 Å². The Morgan fingerprint density at radius 3 is 2.58 bits per heavy atom. The highest BCUT2D eigenvalue weighted by molar-refractivity contribution is 9.10. The molecule has 2 aromatic rings. The Morgan fingerprint density at radius 2 is 1.96 bits per heavy atom. The molecule has 1 heterocycles. The van der Waals surface area contributed by atoms with Crippen LogP contribution in [0, 0.1) is 5.92 Å². The predicted octanol–water partition coefficient (Wildman–Crippen LogP) is 3.91. The lowest BCUT2D eigenvalue weighted by Crippen LogP contribution is -2.37. The second kappa shape index (κ2) is 9.78. The Hall–Kier alpha value is -1.80. The van der Waals surface area contributed by atoms with Crippen molar-refractivity contribution < 1.29 is 9.59 Å². The fraction of sp³-hybridized carbons (Fsp3) is 0.389. The topological polar surface area (TPSA) is 76.0 Å². The molecular weight excluding hydrogens is 416 g/mol. The van der Waals surface area contributed by atoms with Gasteiger partial charge in [0.2, 0.25) is 5.91 Å². The third kappa shape index (κ3) is 5.88. The third-order valence-electron chi connectivity index (χ3n) is 3.55. The number of nitrogens with zero attached hydrogens (tertiary/aromatic N) is 2. The van der Waals surface area contributed by atoms with Crippen molar-refractivity contribution in [2.75, 3.05) is 12.8 Å². The average Bonchev–Trinajstić information content (AvgIpc) is 2.97. The van der Waals surface area contributed by atoms with Crippen LogP contribution in [0.5, 0.6) is 0 Å². The first-order valence-corrected chi connectivity index (χ1v) is 10.1. The summed E-state index contributed by atoms with van der Waals surface area (Å²) < 4.78 is 3.22. The number of hydrogen-bond donors (Lipinski definition) is 2. The van der Waals surface area contributed by atoms with Crippen LogP contribution in [0.1, 0.15) is 20.3 Å². The summed E-state index contributed by atoms with van der Waals surface area (Å²) in [5, 5.41) is 5.51. The van der Waals surface area contributed by atoms with Crippen molar-refractivity contribution in [1.29, 1.82) is 0 Å². The number of amides is 3. The number of thioether (sulfide) groups is 1. The van der Waals surface area contributed by atoms with E-state index in [1.165, 1.54) is 18.8 Å². The summed E-state index contributed by atoms with van der Waals surface area (Å²) in [7, 11) is 1.48. The number of hydrogen-bond acceptors (Lipinski definition) is 4. The van der Waals surface area contributed by atoms with Gasteiger partial charge in [-0.25, -0.2) is 9.78 Å². The molecule has 0 saturated heterocycles. The van der Waals surface area contributed by atoms with E-state index >= 15 is 0 Å². The maximum absolute atomic E-state index is 11.7. The summed E-state index contributed by atoms with van der Waals surface area (Å²) >= 11 is 4.98. The van der Waals surface area contributed by atoms with Crippen LogP contribution < -0.4 is 10.6 Å². The molecule has 0 aliphatic heterocycles. The Morgan fingerprint density at radius 1 is 1.27 bits per heavy atom. The molecule has 0 atom stereocenters. The van der Waals surface area contributed by atoms with Gasteiger partial charge in [0.25, 0.3) is 0 Å². The zero-order valence-corrected chi connectivity index (χ0v) is 17.5. The van der Waals surface area contributed by atoms with Gasteiger partial charge in [-0.2, -0.15) is 0 Å². The summed E-state index contributed by atoms with van der Waals surface area (Å²) in [6.07, 6.45) is 2.12. The Labute approximate surface area is 166 Å². The molecule has 0 fully saturated rings. The number of rotatable bonds is 7. The summed E-state index contributed by atoms with van der Waals surface area (Å²) in [5.41, 5.74) is 2.16. The minimum atomic E-state index is -0.487. The first-order valence-electron chi connectivity index (χ1n) is 8.36. The molecule has 2 N–H and O–H groups in total. The second-order valence-corrected chi connectivity index (χ2v) is 8.14. The van der Waals surface area contributed by atoms with Crippen molar-refractivity contribution in [3.05, 3.63) is 34.9 Å². The molecule has 26 heavy (non-hydrogen) atoms. The minimum Gasteiger partial charge on any atom is -0.341 e. The van der Waals surface area contributed by atoms with Gasteiger partial charge >= 0.3 is 6.03 Å². The number of imide groups is 1. The van der Waals surface area contributed by atoms with Gasteiger partial charge in [-0.15, -0.1) is 0 Å². The van der Waals surface area contributed by atoms with Crippen molar-refractivity contribution in [2.45, 2.75) is 32.0 Å². The zero-order chi connectivity index (χ0) is 19.1. The van der Waals surface area contributed by atoms with Crippen LogP contribution in [0.15, 0.2) is 40.1 Å². The first-order chi connectivity index (χ1) is 12.4. The molecule has 0 aliphatic carbocycles. The molecule has 140 valence electrons. The smallest absolute Gasteiger partial charge is 0.321 e. The van der Waals surface area contributed by atoms with Gasteiger partial charge in [-0.1, -0.05) is 53.7 Å². The maximum Gasteiger partial charge on any atom is 0.321 e. The Balaban J connectivity index is 2.09. The molecule has 0 unspecified atom stereocenters. The van der Waals surface area contributed by atoms with Crippen LogP contribution in [-0.2, 0) is 11.3 Å². The van der Waals surface area contributed by atoms with Gasteiger partial charge in [0.05, 0.1) is 11.9 Å². The van der Waals surface area contributed by atoms with Gasteiger partial charge in [0, 0.05) is 30.2 Å². The first kappa shape index (κ1) is 20.5. The molecule has 0 spiro atoms. The SMILES string of the molecule is CNC(=O)NC(=O)CCSc1ncc(-c2ccc(Br)cc2)n1CC(C)C. The number of carbonyl (C=O) groups excluding carboxylic acids is 2. The standard InChI is InChI=1S/C18H23BrN4O2S/c1-12(2)11-23-15(13-4-6-14(19)7-5-13)10-21-18(23)26-9-8-16(24)22-17(25)20-3/h4-7,10,12H,8-9,11H2,1-3H3,(H2,20,22,24,25). The van der Waals surface area contributed by atoms with Crippen molar-refractivity contribution in [1.82, 2.24) is 20.2 Å². The lowest BCUT2D eigenvalue weighted by molar-refractivity contribution is -0.119. The number of aromatic nitrogens is 2. The van der Waals surface area contributed by atoms with Crippen LogP contribution in [0.3, 0.4) is 0 Å². The Bertz CT molecular complexity index is 759. The number of benzene rings is 1. The molecule has 0 saturated carbocycles. The minimum absolute atomic E-state index is 0.250. The van der Waals surface area contributed by atoms with Gasteiger partial charge in [-0.05, 0) is 23.6 Å². The van der Waals surface area contributed by atoms with E-state index in [1.807, 2.05) is 18.3 Å². The fourth-order valence-electron chi connectivity index (χ4n) is 2.35. The summed E-state index contributed by atoms with van der Waals surface area (Å²) in [6, 6.07) is 7.65. The molecule has 0 aliphatic rings. The number of nitrogens with one attached hydrogen (secondary N) is 2. The van der Waals surface area contributed by atoms with E-state index in [0.29, 0.717) is 11.7 Å². The second-order valence-electron chi connectivity index (χ2n) is 6.16. The van der Waals surface area contributed by atoms with Crippen LogP contribution >= 0.6 is 27.7 Å². The summed E-state index contributed by atoms with van der Waals surface area (Å²) in [5.74, 6) is 0.721. The Kier molecular flexibility index (Phi) is 7.71. The van der Waals surface area contributed by atoms with E-state index in [9.17, 15) is 9.59 Å². The molecule has 8 heteroatoms. The van der Waals surface area contributed by atoms with E-state index < -0.39 is 6.03 Å². The van der Waals surface area contributed by atoms with Gasteiger partial charge < -0.3 is 9.88 Å². The number of urea groups is 1. The molecule has 2 rings (SSSR count). The summed E-state index contributed by atoms with van der Waals surface area (Å²) in [6.45, 7) is 5.17. The van der Waals surface area contributed by atoms with Crippen LogP contribution in [0.2, 0.25) is 0 Å². The normalized spacial score (nSPS) is 10.8. The molecule has 0 radical (unpaired) electrons. The highest BCUT2D eigenvalue weighted by atomic mass is 79.9. The van der Waals surface area contributed by atoms with Crippen LogP contribution in [0.25, 0.3) is 11.3 Å². The van der Waals surface area contributed by atoms with Crippen molar-refractivity contribution in [3.63, 3.8) is 0 Å². The molecular formula is C18H23BrN4O2S. The van der Waals surface area contributed by atoms with Crippen LogP contribution in [0.4, 0.5) is 4.79 Å². The maximum atomic E-state index is 11.7. The van der Waals surface area contributed by atoms with Gasteiger partial charge in [-0.3, -0.25) is 10.1 Å². The molecule has 1 aromatic carbocycles. The molecule has 6 nitrogen and oxygen atoms in total. The largest absolute Gasteiger partial charge is 0.341 e. The fourth-order valence-corrected chi connectivity index (χ4v) is 3.54. The van der Waals surface area contributed by atoms with E-state index in [1.54, 1.807) is 0 Å². The molecule has 0 bridgehead atoms. The molecule has 3 amide bonds. The van der Waals surface area contributed by atoms with Gasteiger partial charge in [0.1, 0.15) is 0 Å². The number of halogens is 1. The number of carbonyl (C=O) groups is 2. The van der Waals surface area contributed by atoms with Gasteiger partial charge in [0.15, 0.2) is 5.16 Å². The third-order valence-corrected chi connectivity index (χ3v) is 5.07. The monoisotopic (exact) mass is 438 g/mol.